The van der Waals surface area contributed by atoms with E-state index in [4.69, 9.17) is 32.7 Å². The molecule has 0 saturated carbocycles. The van der Waals surface area contributed by atoms with E-state index in [9.17, 15) is 4.79 Å². The first-order valence-corrected chi connectivity index (χ1v) is 6.33. The van der Waals surface area contributed by atoms with Crippen LogP contribution < -0.4 is 0 Å². The van der Waals surface area contributed by atoms with Crippen molar-refractivity contribution in [3.8, 4) is 0 Å². The molecule has 0 atom stereocenters. The molecular weight excluding hydrogens is 287 g/mol. The van der Waals surface area contributed by atoms with Crippen LogP contribution in [0, 0.1) is 0 Å². The number of carboxylic acids is 1. The van der Waals surface area contributed by atoms with Crippen LogP contribution in [0.3, 0.4) is 0 Å². The maximum Gasteiger partial charge on any atom is 0.307 e. The van der Waals surface area contributed by atoms with Crippen molar-refractivity contribution in [2.24, 2.45) is 0 Å². The molecule has 2 aromatic carbocycles. The summed E-state index contributed by atoms with van der Waals surface area (Å²) in [6, 6.07) is 8.88. The van der Waals surface area contributed by atoms with E-state index < -0.39 is 5.97 Å². The average Bonchev–Trinajstić information content (AvgIpc) is 2.71. The van der Waals surface area contributed by atoms with Crippen LogP contribution in [0.2, 0.25) is 10.0 Å². The Morgan fingerprint density at radius 2 is 1.89 bits per heavy atom. The lowest BCUT2D eigenvalue weighted by Gasteiger charge is -1.96. The summed E-state index contributed by atoms with van der Waals surface area (Å²) in [7, 11) is 0. The minimum atomic E-state index is -0.878. The highest BCUT2D eigenvalue weighted by molar-refractivity contribution is 6.45. The standard InChI is InChI=1S/C14H8Cl2O3/c15-10-4-3-9-8-2-1-7(6-12(17)18)5-11(8)19-14(9)13(10)16/h1-5H,6H2,(H,17,18). The maximum atomic E-state index is 10.7. The van der Waals surface area contributed by atoms with Gasteiger partial charge in [-0.15, -0.1) is 0 Å². The van der Waals surface area contributed by atoms with Crippen molar-refractivity contribution < 1.29 is 14.3 Å². The normalized spacial score (nSPS) is 11.3. The Morgan fingerprint density at radius 1 is 1.16 bits per heavy atom. The second-order valence-electron chi connectivity index (χ2n) is 4.24. The Bertz CT molecular complexity index is 805. The molecule has 0 unspecified atom stereocenters. The van der Waals surface area contributed by atoms with Crippen molar-refractivity contribution in [1.29, 1.82) is 0 Å². The van der Waals surface area contributed by atoms with Gasteiger partial charge in [-0.2, -0.15) is 0 Å². The van der Waals surface area contributed by atoms with Crippen LogP contribution in [0.5, 0.6) is 0 Å². The van der Waals surface area contributed by atoms with E-state index in [-0.39, 0.29) is 6.42 Å². The van der Waals surface area contributed by atoms with E-state index in [2.05, 4.69) is 0 Å². The number of furan rings is 1. The highest BCUT2D eigenvalue weighted by Gasteiger charge is 2.13. The third kappa shape index (κ3) is 2.05. The smallest absolute Gasteiger partial charge is 0.307 e. The van der Waals surface area contributed by atoms with Crippen LogP contribution in [0.1, 0.15) is 5.56 Å². The molecule has 0 aliphatic rings. The Morgan fingerprint density at radius 3 is 2.63 bits per heavy atom. The topological polar surface area (TPSA) is 50.4 Å². The zero-order chi connectivity index (χ0) is 13.6. The molecule has 0 fully saturated rings. The van der Waals surface area contributed by atoms with Crippen LogP contribution in [-0.4, -0.2) is 11.1 Å². The number of hydrogen-bond donors (Lipinski definition) is 1. The number of rotatable bonds is 2. The number of fused-ring (bicyclic) bond motifs is 3. The van der Waals surface area contributed by atoms with Gasteiger partial charge in [-0.25, -0.2) is 0 Å². The van der Waals surface area contributed by atoms with Gasteiger partial charge in [0.2, 0.25) is 0 Å². The van der Waals surface area contributed by atoms with E-state index in [1.165, 1.54) is 0 Å². The molecular formula is C14H8Cl2O3. The van der Waals surface area contributed by atoms with Gasteiger partial charge in [0.05, 0.1) is 11.4 Å². The Kier molecular flexibility index (Phi) is 2.88. The van der Waals surface area contributed by atoms with Crippen molar-refractivity contribution in [3.05, 3.63) is 45.9 Å². The molecule has 0 spiro atoms. The van der Waals surface area contributed by atoms with Crippen molar-refractivity contribution in [3.63, 3.8) is 0 Å². The maximum absolute atomic E-state index is 10.7. The zero-order valence-electron chi connectivity index (χ0n) is 9.61. The predicted octanol–water partition coefficient (Wildman–Crippen LogP) is 4.52. The Hall–Kier alpha value is -1.71. The molecule has 1 heterocycles. The molecule has 0 aliphatic carbocycles. The van der Waals surface area contributed by atoms with E-state index >= 15 is 0 Å². The fraction of sp³-hybridized carbons (Fsp3) is 0.0714. The minimum Gasteiger partial charge on any atom is -0.481 e. The van der Waals surface area contributed by atoms with Gasteiger partial charge in [0.25, 0.3) is 0 Å². The van der Waals surface area contributed by atoms with Crippen molar-refractivity contribution in [1.82, 2.24) is 0 Å². The van der Waals surface area contributed by atoms with Gasteiger partial charge >= 0.3 is 5.97 Å². The van der Waals surface area contributed by atoms with Crippen LogP contribution in [0.15, 0.2) is 34.7 Å². The van der Waals surface area contributed by atoms with Crippen LogP contribution in [-0.2, 0) is 11.2 Å². The van der Waals surface area contributed by atoms with Crippen LogP contribution in [0.25, 0.3) is 21.9 Å². The molecule has 0 amide bonds. The molecule has 5 heteroatoms. The number of carbonyl (C=O) groups is 1. The van der Waals surface area contributed by atoms with Crippen molar-refractivity contribution in [2.45, 2.75) is 6.42 Å². The largest absolute Gasteiger partial charge is 0.481 e. The molecule has 1 N–H and O–H groups in total. The SMILES string of the molecule is O=C(O)Cc1ccc2c(c1)oc1c(Cl)c(Cl)ccc12. The zero-order valence-corrected chi connectivity index (χ0v) is 11.1. The van der Waals surface area contributed by atoms with Gasteiger partial charge < -0.3 is 9.52 Å². The summed E-state index contributed by atoms with van der Waals surface area (Å²) in [5.74, 6) is -0.878. The van der Waals surface area contributed by atoms with Gasteiger partial charge in [0.15, 0.2) is 5.58 Å². The average molecular weight is 295 g/mol. The van der Waals surface area contributed by atoms with Crippen molar-refractivity contribution in [2.75, 3.05) is 0 Å². The highest BCUT2D eigenvalue weighted by atomic mass is 35.5. The van der Waals surface area contributed by atoms with Crippen LogP contribution >= 0.6 is 23.2 Å². The van der Waals surface area contributed by atoms with Gasteiger partial charge in [0, 0.05) is 10.8 Å². The quantitative estimate of drug-likeness (QED) is 0.756. The molecule has 0 bridgehead atoms. The molecule has 0 radical (unpaired) electrons. The number of hydrogen-bond acceptors (Lipinski definition) is 2. The van der Waals surface area contributed by atoms with Crippen LogP contribution in [0.4, 0.5) is 0 Å². The van der Waals surface area contributed by atoms with E-state index in [1.807, 2.05) is 12.1 Å². The first-order valence-electron chi connectivity index (χ1n) is 5.57. The van der Waals surface area contributed by atoms with Gasteiger partial charge in [-0.3, -0.25) is 4.79 Å². The van der Waals surface area contributed by atoms with E-state index in [0.717, 1.165) is 10.8 Å². The third-order valence-electron chi connectivity index (χ3n) is 2.95. The molecule has 3 rings (SSSR count). The summed E-state index contributed by atoms with van der Waals surface area (Å²) in [5.41, 5.74) is 1.82. The fourth-order valence-electron chi connectivity index (χ4n) is 2.11. The monoisotopic (exact) mass is 294 g/mol. The first kappa shape index (κ1) is 12.3. The number of halogens is 2. The van der Waals surface area contributed by atoms with Gasteiger partial charge in [-0.1, -0.05) is 35.3 Å². The molecule has 0 aliphatic heterocycles. The summed E-state index contributed by atoms with van der Waals surface area (Å²) in [4.78, 5) is 10.7. The van der Waals surface area contributed by atoms with E-state index in [0.29, 0.717) is 26.8 Å². The second kappa shape index (κ2) is 4.44. The Balaban J connectivity index is 2.27. The predicted molar refractivity (Wildman–Crippen MR) is 75.1 cm³/mol. The summed E-state index contributed by atoms with van der Waals surface area (Å²) >= 11 is 12.0. The number of benzene rings is 2. The van der Waals surface area contributed by atoms with Gasteiger partial charge in [0.1, 0.15) is 10.6 Å². The molecule has 3 nitrogen and oxygen atoms in total. The lowest BCUT2D eigenvalue weighted by molar-refractivity contribution is -0.136. The lowest BCUT2D eigenvalue weighted by atomic mass is 10.1. The molecule has 1 aromatic heterocycles. The fourth-order valence-corrected chi connectivity index (χ4v) is 2.46. The lowest BCUT2D eigenvalue weighted by Crippen LogP contribution is -1.99. The Labute approximate surface area is 118 Å². The summed E-state index contributed by atoms with van der Waals surface area (Å²) in [5, 5.41) is 11.3. The summed E-state index contributed by atoms with van der Waals surface area (Å²) in [6.07, 6.45) is -0.0402. The summed E-state index contributed by atoms with van der Waals surface area (Å²) < 4.78 is 5.68. The second-order valence-corrected chi connectivity index (χ2v) is 5.03. The molecule has 96 valence electrons. The molecule has 3 aromatic rings. The first-order chi connectivity index (χ1) is 9.06. The molecule has 0 saturated heterocycles. The number of aliphatic carboxylic acids is 1. The van der Waals surface area contributed by atoms with Crippen molar-refractivity contribution >= 4 is 51.1 Å². The van der Waals surface area contributed by atoms with Gasteiger partial charge in [-0.05, 0) is 23.8 Å². The third-order valence-corrected chi connectivity index (χ3v) is 3.74. The minimum absolute atomic E-state index is 0.0402. The summed E-state index contributed by atoms with van der Waals surface area (Å²) in [6.45, 7) is 0. The molecule has 19 heavy (non-hydrogen) atoms. The highest BCUT2D eigenvalue weighted by Crippen LogP contribution is 2.37. The number of carboxylic acid groups (broad SMARTS) is 1. The van der Waals surface area contributed by atoms with E-state index in [1.54, 1.807) is 18.2 Å².